The van der Waals surface area contributed by atoms with Gasteiger partial charge < -0.3 is 11.1 Å². The Kier molecular flexibility index (Phi) is 11.2. The van der Waals surface area contributed by atoms with Gasteiger partial charge in [0.1, 0.15) is 0 Å². The fourth-order valence-corrected chi connectivity index (χ4v) is 1.27. The summed E-state index contributed by atoms with van der Waals surface area (Å²) in [6, 6.07) is 11.6. The zero-order valence-corrected chi connectivity index (χ0v) is 12.5. The zero-order valence-electron chi connectivity index (χ0n) is 10.9. The third-order valence-corrected chi connectivity index (χ3v) is 2.09. The molecule has 0 aliphatic carbocycles. The molecule has 0 radical (unpaired) electrons. The van der Waals surface area contributed by atoms with Gasteiger partial charge in [-0.05, 0) is 24.3 Å². The van der Waals surface area contributed by atoms with E-state index in [1.54, 1.807) is 12.4 Å². The van der Waals surface area contributed by atoms with Gasteiger partial charge in [0.2, 0.25) is 0 Å². The summed E-state index contributed by atoms with van der Waals surface area (Å²) in [5.74, 6) is 0. The largest absolute Gasteiger partial charge is 2.00 e. The van der Waals surface area contributed by atoms with Crippen LogP contribution in [0.3, 0.4) is 0 Å². The first-order valence-corrected chi connectivity index (χ1v) is 5.98. The van der Waals surface area contributed by atoms with Crippen molar-refractivity contribution in [2.45, 2.75) is 6.92 Å². The molecule has 0 saturated carbocycles. The summed E-state index contributed by atoms with van der Waals surface area (Å²) in [5.41, 5.74) is 8.44. The van der Waals surface area contributed by atoms with Crippen molar-refractivity contribution >= 4 is 0 Å². The van der Waals surface area contributed by atoms with Crippen LogP contribution in [0.25, 0.3) is 22.4 Å². The Morgan fingerprint density at radius 1 is 1.00 bits per heavy atom. The minimum absolute atomic E-state index is 0. The monoisotopic (exact) mass is 348 g/mol. The Balaban J connectivity index is 0.000000404. The van der Waals surface area contributed by atoms with Crippen molar-refractivity contribution in [2.24, 2.45) is 0 Å². The van der Waals surface area contributed by atoms with Gasteiger partial charge in [-0.2, -0.15) is 19.6 Å². The van der Waals surface area contributed by atoms with E-state index in [9.17, 15) is 0 Å². The van der Waals surface area contributed by atoms with Crippen molar-refractivity contribution in [1.29, 1.82) is 0 Å². The molecule has 2 aromatic heterocycles. The molecule has 0 amide bonds. The molecule has 0 aliphatic rings. The number of hydrogen-bond donors (Lipinski definition) is 0. The van der Waals surface area contributed by atoms with E-state index >= 15 is 0 Å². The van der Waals surface area contributed by atoms with Crippen LogP contribution in [0.5, 0.6) is 0 Å². The Labute approximate surface area is 128 Å². The molecule has 0 fully saturated rings. The molecular weight excluding hydrogens is 331 g/mol. The van der Waals surface area contributed by atoms with E-state index in [2.05, 4.69) is 15.3 Å². The SMILES string of the molecule is CC[N-]CC[NH-].[Pd+2].c1ccc(-c2ccccn2)nc1. The van der Waals surface area contributed by atoms with Gasteiger partial charge in [0.15, 0.2) is 0 Å². The second-order valence-electron chi connectivity index (χ2n) is 3.44. The normalized spacial score (nSPS) is 8.95. The number of likely N-dealkylation sites (N-methyl/N-ethyl adjacent to an activating group) is 1. The molecule has 4 nitrogen and oxygen atoms in total. The molecule has 0 spiro atoms. The third kappa shape index (κ3) is 7.81. The number of nitrogens with zero attached hydrogens (tertiary/aromatic N) is 3. The number of rotatable bonds is 4. The fraction of sp³-hybridized carbons (Fsp3) is 0.286. The molecule has 19 heavy (non-hydrogen) atoms. The first-order valence-electron chi connectivity index (χ1n) is 5.98. The van der Waals surface area contributed by atoms with Crippen LogP contribution in [0, 0.1) is 0 Å². The first-order chi connectivity index (χ1) is 8.88. The van der Waals surface area contributed by atoms with Crippen LogP contribution in [0.4, 0.5) is 0 Å². The molecule has 0 unspecified atom stereocenters. The van der Waals surface area contributed by atoms with Gasteiger partial charge >= 0.3 is 20.4 Å². The van der Waals surface area contributed by atoms with Crippen molar-refractivity contribution in [3.63, 3.8) is 0 Å². The minimum Gasteiger partial charge on any atom is -0.679 e. The average Bonchev–Trinajstić information content (AvgIpc) is 2.48. The molecule has 2 rings (SSSR count). The van der Waals surface area contributed by atoms with Gasteiger partial charge in [-0.1, -0.05) is 19.1 Å². The topological polar surface area (TPSA) is 63.7 Å². The molecule has 0 aromatic carbocycles. The van der Waals surface area contributed by atoms with E-state index in [4.69, 9.17) is 5.73 Å². The van der Waals surface area contributed by atoms with E-state index in [1.165, 1.54) is 0 Å². The van der Waals surface area contributed by atoms with Crippen LogP contribution in [0.1, 0.15) is 6.92 Å². The zero-order chi connectivity index (χ0) is 13.1. The van der Waals surface area contributed by atoms with E-state index in [-0.39, 0.29) is 20.4 Å². The van der Waals surface area contributed by atoms with Crippen molar-refractivity contribution < 1.29 is 20.4 Å². The summed E-state index contributed by atoms with van der Waals surface area (Å²) in [7, 11) is 0. The Hall–Kier alpha value is -1.12. The van der Waals surface area contributed by atoms with Crippen molar-refractivity contribution in [2.75, 3.05) is 19.6 Å². The quantitative estimate of drug-likeness (QED) is 0.626. The predicted octanol–water partition coefficient (Wildman–Crippen LogP) is 3.57. The Morgan fingerprint density at radius 2 is 1.53 bits per heavy atom. The standard InChI is InChI=1S/C10H8N2.C4H10N2.Pd/c1-3-7-11-9(5-1)10-6-2-4-8-12-10;1-2-6-4-3-5;/h1-8H;5H,2-4H2,1H3;/q;-2;+2. The van der Waals surface area contributed by atoms with Gasteiger partial charge in [-0.25, -0.2) is 0 Å². The Morgan fingerprint density at radius 3 is 1.79 bits per heavy atom. The van der Waals surface area contributed by atoms with Crippen LogP contribution < -0.4 is 0 Å². The van der Waals surface area contributed by atoms with E-state index in [0.717, 1.165) is 17.9 Å². The van der Waals surface area contributed by atoms with Crippen LogP contribution in [0.2, 0.25) is 0 Å². The summed E-state index contributed by atoms with van der Waals surface area (Å²) in [6.45, 7) is 3.99. The van der Waals surface area contributed by atoms with Crippen molar-refractivity contribution in [3.8, 4) is 11.4 Å². The molecule has 104 valence electrons. The summed E-state index contributed by atoms with van der Waals surface area (Å²) in [6.07, 6.45) is 3.54. The fourth-order valence-electron chi connectivity index (χ4n) is 1.27. The maximum atomic E-state index is 6.61. The number of nitrogens with one attached hydrogen (secondary N) is 1. The van der Waals surface area contributed by atoms with Gasteiger partial charge in [-0.15, -0.1) is 0 Å². The summed E-state index contributed by atoms with van der Waals surface area (Å²) < 4.78 is 0. The van der Waals surface area contributed by atoms with E-state index in [0.29, 0.717) is 13.1 Å². The maximum absolute atomic E-state index is 6.61. The van der Waals surface area contributed by atoms with E-state index in [1.807, 2.05) is 43.3 Å². The van der Waals surface area contributed by atoms with Crippen LogP contribution in [0.15, 0.2) is 48.8 Å². The summed E-state index contributed by atoms with van der Waals surface area (Å²) in [4.78, 5) is 8.37. The minimum atomic E-state index is 0. The molecule has 0 aliphatic heterocycles. The molecule has 0 saturated heterocycles. The molecule has 2 heterocycles. The number of pyridine rings is 2. The smallest absolute Gasteiger partial charge is 0.679 e. The third-order valence-electron chi connectivity index (χ3n) is 2.09. The summed E-state index contributed by atoms with van der Waals surface area (Å²) in [5, 5.41) is 3.90. The molecular formula is C14H18N4Pd. The number of hydrogen-bond acceptors (Lipinski definition) is 2. The molecule has 2 aromatic rings. The molecule has 0 atom stereocenters. The van der Waals surface area contributed by atoms with Crippen LogP contribution in [-0.2, 0) is 20.4 Å². The van der Waals surface area contributed by atoms with Gasteiger partial charge in [-0.3, -0.25) is 9.97 Å². The second kappa shape index (κ2) is 11.9. The van der Waals surface area contributed by atoms with Crippen LogP contribution >= 0.6 is 0 Å². The average molecular weight is 349 g/mol. The Bertz CT molecular complexity index is 367. The molecule has 5 heteroatoms. The van der Waals surface area contributed by atoms with Crippen LogP contribution in [-0.4, -0.2) is 29.6 Å². The first kappa shape index (κ1) is 17.9. The predicted molar refractivity (Wildman–Crippen MR) is 75.4 cm³/mol. The van der Waals surface area contributed by atoms with Crippen molar-refractivity contribution in [1.82, 2.24) is 9.97 Å². The van der Waals surface area contributed by atoms with Gasteiger partial charge in [0, 0.05) is 12.4 Å². The van der Waals surface area contributed by atoms with Gasteiger partial charge in [0.25, 0.3) is 0 Å². The number of aromatic nitrogens is 2. The molecule has 0 bridgehead atoms. The maximum Gasteiger partial charge on any atom is 2.00 e. The van der Waals surface area contributed by atoms with E-state index < -0.39 is 0 Å². The van der Waals surface area contributed by atoms with Gasteiger partial charge in [0.05, 0.1) is 11.4 Å². The molecule has 1 N–H and O–H groups in total. The summed E-state index contributed by atoms with van der Waals surface area (Å²) >= 11 is 0. The van der Waals surface area contributed by atoms with Crippen molar-refractivity contribution in [3.05, 3.63) is 59.8 Å². The second-order valence-corrected chi connectivity index (χ2v) is 3.44.